The molecule has 17 rings (SSSR count). The monoisotopic (exact) mass is 1080 g/mol. The molecule has 0 N–H and O–H groups in total. The van der Waals surface area contributed by atoms with Gasteiger partial charge in [-0.25, -0.2) is 0 Å². The lowest BCUT2D eigenvalue weighted by Gasteiger charge is -2.27. The molecule has 0 aliphatic heterocycles. The molecule has 7 nitrogen and oxygen atoms in total. The van der Waals surface area contributed by atoms with Gasteiger partial charge in [0.1, 0.15) is 33.4 Å². The van der Waals surface area contributed by atoms with Crippen LogP contribution in [0.5, 0.6) is 0 Å². The zero-order valence-corrected chi connectivity index (χ0v) is 47.7. The summed E-state index contributed by atoms with van der Waals surface area (Å²) in [5, 5.41) is 15.5. The number of hydrogen-bond acceptors (Lipinski definition) is 6. The smallest absolute Gasteiger partial charge is 0.160 e. The highest BCUT2D eigenvalue weighted by Crippen LogP contribution is 2.56. The van der Waals surface area contributed by atoms with Crippen molar-refractivity contribution in [2.75, 3.05) is 9.80 Å². The van der Waals surface area contributed by atoms with Crippen LogP contribution in [0.2, 0.25) is 39.3 Å². The first-order valence-corrected chi connectivity index (χ1v) is 35.0. The Labute approximate surface area is 467 Å². The second kappa shape index (κ2) is 16.5. The van der Waals surface area contributed by atoms with Crippen molar-refractivity contribution in [1.82, 2.24) is 4.40 Å². The van der Waals surface area contributed by atoms with E-state index in [1.165, 1.54) is 10.4 Å². The van der Waals surface area contributed by atoms with Gasteiger partial charge < -0.3 is 31.9 Å². The number of aromatic nitrogens is 1. The Balaban J connectivity index is 1.06. The predicted molar refractivity (Wildman–Crippen MR) is 346 cm³/mol. The summed E-state index contributed by atoms with van der Waals surface area (Å²) in [6.45, 7) is 14.4. The molecular formula is C72H53N3O4Si2. The molecule has 0 spiro atoms. The Morgan fingerprint density at radius 1 is 0.284 bits per heavy atom. The fourth-order valence-electron chi connectivity index (χ4n) is 13.6. The summed E-state index contributed by atoms with van der Waals surface area (Å²) in [5.74, 6) is 0. The molecule has 0 aliphatic rings. The molecule has 0 amide bonds. The summed E-state index contributed by atoms with van der Waals surface area (Å²) >= 11 is 0. The van der Waals surface area contributed by atoms with E-state index in [1.54, 1.807) is 0 Å². The van der Waals surface area contributed by atoms with E-state index in [0.29, 0.717) is 0 Å². The van der Waals surface area contributed by atoms with Gasteiger partial charge in [0, 0.05) is 76.0 Å². The van der Waals surface area contributed by atoms with Crippen molar-refractivity contribution in [1.29, 1.82) is 0 Å². The standard InChI is InChI=1S/C72H53N3O4Si2/c1-80(2,3)60-38-20-30-48-46-28-18-34-54(67(46)78-69(48)60)73(42-22-9-7-10-23-42)56-40-52-44-26-13-15-36-58(44)76-71(52)65-62(56)50-32-17-33-51-63-57(41-53-45-27-14-16-37-59(45)77-72(53)66(63)75(65)64(50)51)74(43-24-11-8-12-25-43)55-35-19-29-47-49-31-21-39-61(81(4,5)6)70(49)79-68(47)55/h7-41H,1-6H3. The van der Waals surface area contributed by atoms with E-state index in [1.807, 2.05) is 0 Å². The molecule has 0 saturated heterocycles. The maximum atomic E-state index is 7.29. The first kappa shape index (κ1) is 46.4. The largest absolute Gasteiger partial charge is 0.454 e. The van der Waals surface area contributed by atoms with Crippen LogP contribution < -0.4 is 20.2 Å². The van der Waals surface area contributed by atoms with Crippen LogP contribution in [0.3, 0.4) is 0 Å². The summed E-state index contributed by atoms with van der Waals surface area (Å²) < 4.78 is 31.6. The summed E-state index contributed by atoms with van der Waals surface area (Å²) in [6.07, 6.45) is 0. The van der Waals surface area contributed by atoms with Gasteiger partial charge in [0.2, 0.25) is 0 Å². The van der Waals surface area contributed by atoms with Crippen LogP contribution in [-0.2, 0) is 0 Å². The maximum absolute atomic E-state index is 7.29. The van der Waals surface area contributed by atoms with Crippen molar-refractivity contribution >= 4 is 186 Å². The first-order valence-electron chi connectivity index (χ1n) is 28.0. The van der Waals surface area contributed by atoms with Crippen LogP contribution in [0.25, 0.3) is 126 Å². The molecule has 11 aromatic carbocycles. The Hall–Kier alpha value is -9.55. The van der Waals surface area contributed by atoms with Gasteiger partial charge in [0.15, 0.2) is 22.3 Å². The zero-order valence-electron chi connectivity index (χ0n) is 45.7. The molecule has 0 fully saturated rings. The van der Waals surface area contributed by atoms with Crippen molar-refractivity contribution in [3.8, 4) is 0 Å². The molecule has 0 aliphatic carbocycles. The third kappa shape index (κ3) is 6.44. The molecule has 6 heterocycles. The zero-order chi connectivity index (χ0) is 54.2. The highest BCUT2D eigenvalue weighted by Gasteiger charge is 2.34. The molecule has 0 bridgehead atoms. The van der Waals surface area contributed by atoms with Crippen molar-refractivity contribution in [2.24, 2.45) is 0 Å². The van der Waals surface area contributed by atoms with Gasteiger partial charge in [-0.2, -0.15) is 0 Å². The van der Waals surface area contributed by atoms with Gasteiger partial charge in [0.25, 0.3) is 0 Å². The van der Waals surface area contributed by atoms with Gasteiger partial charge in [0.05, 0.1) is 44.4 Å². The number of benzene rings is 11. The van der Waals surface area contributed by atoms with Crippen LogP contribution in [-0.4, -0.2) is 20.5 Å². The minimum Gasteiger partial charge on any atom is -0.454 e. The number of furan rings is 4. The van der Waals surface area contributed by atoms with Gasteiger partial charge in [-0.1, -0.05) is 191 Å². The van der Waals surface area contributed by atoms with Crippen LogP contribution in [0, 0.1) is 0 Å². The summed E-state index contributed by atoms with van der Waals surface area (Å²) in [5.41, 5.74) is 15.8. The number of hydrogen-bond donors (Lipinski definition) is 0. The normalized spacial score (nSPS) is 12.8. The molecule has 0 unspecified atom stereocenters. The first-order chi connectivity index (χ1) is 39.5. The molecule has 17 aromatic rings. The van der Waals surface area contributed by atoms with Gasteiger partial charge >= 0.3 is 0 Å². The number of nitrogens with zero attached hydrogens (tertiary/aromatic N) is 3. The lowest BCUT2D eigenvalue weighted by Crippen LogP contribution is -2.37. The highest BCUT2D eigenvalue weighted by molar-refractivity contribution is 6.90. The van der Waals surface area contributed by atoms with Crippen LogP contribution in [0.15, 0.2) is 230 Å². The lowest BCUT2D eigenvalue weighted by atomic mass is 10.0. The van der Waals surface area contributed by atoms with E-state index >= 15 is 0 Å². The highest BCUT2D eigenvalue weighted by atomic mass is 28.3. The van der Waals surface area contributed by atoms with Gasteiger partial charge in [-0.15, -0.1) is 0 Å². The number of para-hydroxylation sites is 9. The third-order valence-corrected chi connectivity index (χ3v) is 21.1. The van der Waals surface area contributed by atoms with E-state index in [9.17, 15) is 0 Å². The molecule has 0 saturated carbocycles. The summed E-state index contributed by atoms with van der Waals surface area (Å²) in [6, 6.07) is 76.6. The van der Waals surface area contributed by atoms with E-state index in [-0.39, 0.29) is 0 Å². The van der Waals surface area contributed by atoms with Crippen LogP contribution in [0.1, 0.15) is 0 Å². The quantitative estimate of drug-likeness (QED) is 0.141. The Bertz CT molecular complexity index is 5130. The lowest BCUT2D eigenvalue weighted by molar-refractivity contribution is 0.670. The molecule has 6 aromatic heterocycles. The van der Waals surface area contributed by atoms with E-state index in [0.717, 1.165) is 160 Å². The van der Waals surface area contributed by atoms with Gasteiger partial charge in [-0.3, -0.25) is 0 Å². The minimum absolute atomic E-state index is 0.805. The SMILES string of the molecule is C[Si](C)(C)c1cccc2c1oc1c(N(c3ccccc3)c3cc4c5ccccc5oc4c4c3c3cccc5c6c(N(c7ccccc7)c7cccc8c7oc7c([Si](C)(C)C)cccc78)cc7c8ccccc8oc7c6n4c35)cccc12. The van der Waals surface area contributed by atoms with E-state index < -0.39 is 16.1 Å². The van der Waals surface area contributed by atoms with Gasteiger partial charge in [-0.05, 0) is 71.0 Å². The Morgan fingerprint density at radius 2 is 0.642 bits per heavy atom. The summed E-state index contributed by atoms with van der Waals surface area (Å²) in [7, 11) is -3.64. The van der Waals surface area contributed by atoms with Crippen molar-refractivity contribution < 1.29 is 17.7 Å². The fraction of sp³-hybridized carbons (Fsp3) is 0.0833. The average Bonchev–Trinajstić information content (AvgIpc) is 3.92. The fourth-order valence-corrected chi connectivity index (χ4v) is 16.5. The Morgan fingerprint density at radius 3 is 1.07 bits per heavy atom. The predicted octanol–water partition coefficient (Wildman–Crippen LogP) is 20.5. The van der Waals surface area contributed by atoms with Crippen molar-refractivity contribution in [3.63, 3.8) is 0 Å². The van der Waals surface area contributed by atoms with E-state index in [4.69, 9.17) is 17.7 Å². The Kier molecular flexibility index (Phi) is 9.46. The third-order valence-electron chi connectivity index (χ3n) is 17.1. The maximum Gasteiger partial charge on any atom is 0.160 e. The second-order valence-corrected chi connectivity index (χ2v) is 34.0. The average molecular weight is 1080 g/mol. The van der Waals surface area contributed by atoms with E-state index in [2.05, 4.69) is 266 Å². The number of fused-ring (bicyclic) bond motifs is 20. The van der Waals surface area contributed by atoms with Crippen molar-refractivity contribution in [3.05, 3.63) is 212 Å². The molecule has 0 atom stereocenters. The van der Waals surface area contributed by atoms with Crippen LogP contribution >= 0.6 is 0 Å². The van der Waals surface area contributed by atoms with Crippen molar-refractivity contribution in [2.45, 2.75) is 39.3 Å². The molecule has 81 heavy (non-hydrogen) atoms. The summed E-state index contributed by atoms with van der Waals surface area (Å²) in [4.78, 5) is 4.85. The minimum atomic E-state index is -1.82. The number of anilines is 6. The number of rotatable bonds is 8. The molecular weight excluding hydrogens is 1030 g/mol. The van der Waals surface area contributed by atoms with Crippen LogP contribution in [0.4, 0.5) is 34.1 Å². The second-order valence-electron chi connectivity index (χ2n) is 23.9. The molecule has 9 heteroatoms. The molecule has 0 radical (unpaired) electrons. The topological polar surface area (TPSA) is 63.5 Å². The molecule has 388 valence electrons.